The molecule has 8 heteroatoms. The number of aliphatic hydroxyl groups is 1. The third-order valence-corrected chi connectivity index (χ3v) is 6.91. The first kappa shape index (κ1) is 26.9. The number of rotatable bonds is 10. The van der Waals surface area contributed by atoms with Gasteiger partial charge < -0.3 is 24.5 Å². The van der Waals surface area contributed by atoms with Crippen LogP contribution in [0.5, 0.6) is 5.75 Å². The van der Waals surface area contributed by atoms with Gasteiger partial charge in [0, 0.05) is 24.2 Å². The molecule has 2 aromatic carbocycles. The summed E-state index contributed by atoms with van der Waals surface area (Å²) in [5.41, 5.74) is 0.0850. The van der Waals surface area contributed by atoms with Crippen molar-refractivity contribution in [3.63, 3.8) is 0 Å². The highest BCUT2D eigenvalue weighted by molar-refractivity contribution is 6.50. The second-order valence-electron chi connectivity index (χ2n) is 9.68. The van der Waals surface area contributed by atoms with Gasteiger partial charge in [-0.15, -0.1) is 6.58 Å². The number of Topliss-reactive ketones (excluding diaryl/α,β-unsaturated/α-hetero) is 1. The van der Waals surface area contributed by atoms with E-state index in [1.165, 1.54) is 9.80 Å². The molecule has 38 heavy (non-hydrogen) atoms. The van der Waals surface area contributed by atoms with Crippen molar-refractivity contribution < 1.29 is 24.2 Å². The molecule has 0 aliphatic carbocycles. The highest BCUT2D eigenvalue weighted by Crippen LogP contribution is 2.53. The van der Waals surface area contributed by atoms with Gasteiger partial charge >= 0.3 is 0 Å². The maximum absolute atomic E-state index is 14.3. The number of para-hydroxylation sites is 1. The Morgan fingerprint density at radius 1 is 1.11 bits per heavy atom. The standard InChI is InChI=1S/C30H33N3O5/c1-6-15-32-23-12-9-8-11-22(23)30(29(32)37)25(27(35)28(36)33(30)17-10-16-31(4)5)26(34)21-13-14-24(20(3)19-21)38-18-7-2/h6-9,11-14,19,34H,1-2,10,15-18H2,3-5H3/b26-25-. The number of hydrogen-bond acceptors (Lipinski definition) is 6. The number of aryl methyl sites for hydroxylation is 1. The Morgan fingerprint density at radius 2 is 1.84 bits per heavy atom. The Hall–Kier alpha value is -4.17. The zero-order chi connectivity index (χ0) is 27.6. The maximum Gasteiger partial charge on any atom is 0.296 e. The maximum atomic E-state index is 14.3. The third-order valence-electron chi connectivity index (χ3n) is 6.91. The van der Waals surface area contributed by atoms with Crippen molar-refractivity contribution in [2.24, 2.45) is 0 Å². The van der Waals surface area contributed by atoms with Crippen LogP contribution in [0.1, 0.15) is 23.1 Å². The molecular weight excluding hydrogens is 482 g/mol. The lowest BCUT2D eigenvalue weighted by Crippen LogP contribution is -2.52. The average Bonchev–Trinajstić information content (AvgIpc) is 3.26. The van der Waals surface area contributed by atoms with Crippen molar-refractivity contribution >= 4 is 29.0 Å². The van der Waals surface area contributed by atoms with Crippen LogP contribution in [-0.2, 0) is 19.9 Å². The second kappa shape index (κ2) is 10.7. The summed E-state index contributed by atoms with van der Waals surface area (Å²) >= 11 is 0. The molecule has 2 heterocycles. The fourth-order valence-corrected chi connectivity index (χ4v) is 5.27. The van der Waals surface area contributed by atoms with E-state index in [0.29, 0.717) is 42.1 Å². The lowest BCUT2D eigenvalue weighted by atomic mass is 9.81. The van der Waals surface area contributed by atoms with E-state index < -0.39 is 28.9 Å². The molecule has 1 N–H and O–H groups in total. The van der Waals surface area contributed by atoms with Crippen LogP contribution in [0.3, 0.4) is 0 Å². The highest BCUT2D eigenvalue weighted by Gasteiger charge is 2.66. The number of nitrogens with zero attached hydrogens (tertiary/aromatic N) is 3. The van der Waals surface area contributed by atoms with Crippen LogP contribution in [0.2, 0.25) is 0 Å². The highest BCUT2D eigenvalue weighted by atomic mass is 16.5. The number of carbonyl (C=O) groups excluding carboxylic acids is 3. The van der Waals surface area contributed by atoms with Gasteiger partial charge in [0.2, 0.25) is 0 Å². The van der Waals surface area contributed by atoms with E-state index in [-0.39, 0.29) is 18.7 Å². The van der Waals surface area contributed by atoms with Crippen molar-refractivity contribution in [3.8, 4) is 5.75 Å². The summed E-state index contributed by atoms with van der Waals surface area (Å²) in [7, 11) is 3.83. The molecule has 1 spiro atoms. The van der Waals surface area contributed by atoms with E-state index in [9.17, 15) is 19.5 Å². The SMILES string of the molecule is C=CCOc1ccc(/C(O)=C2\C(=O)C(=O)N(CCCN(C)C)C23C(=O)N(CC=C)c2ccccc23)cc1C. The summed E-state index contributed by atoms with van der Waals surface area (Å²) in [6.45, 7) is 10.6. The number of ether oxygens (including phenoxy) is 1. The molecule has 1 saturated heterocycles. The molecule has 2 amide bonds. The number of amides is 2. The number of aliphatic hydroxyl groups excluding tert-OH is 1. The number of carbonyl (C=O) groups is 3. The molecule has 1 atom stereocenters. The van der Waals surface area contributed by atoms with Crippen LogP contribution >= 0.6 is 0 Å². The number of ketones is 1. The minimum atomic E-state index is -1.78. The summed E-state index contributed by atoms with van der Waals surface area (Å²) < 4.78 is 5.64. The zero-order valence-corrected chi connectivity index (χ0v) is 22.1. The van der Waals surface area contributed by atoms with Crippen molar-refractivity contribution in [2.45, 2.75) is 18.9 Å². The van der Waals surface area contributed by atoms with E-state index in [1.54, 1.807) is 54.6 Å². The topological polar surface area (TPSA) is 90.4 Å². The minimum Gasteiger partial charge on any atom is -0.507 e. The van der Waals surface area contributed by atoms with Gasteiger partial charge in [-0.2, -0.15) is 0 Å². The zero-order valence-electron chi connectivity index (χ0n) is 22.1. The van der Waals surface area contributed by atoms with Gasteiger partial charge in [0.05, 0.1) is 11.3 Å². The first-order chi connectivity index (χ1) is 18.2. The molecule has 1 unspecified atom stereocenters. The number of fused-ring (bicyclic) bond motifs is 2. The molecule has 2 aromatic rings. The smallest absolute Gasteiger partial charge is 0.296 e. The summed E-state index contributed by atoms with van der Waals surface area (Å²) in [6, 6.07) is 12.1. The van der Waals surface area contributed by atoms with E-state index in [4.69, 9.17) is 4.74 Å². The molecule has 2 aliphatic rings. The van der Waals surface area contributed by atoms with E-state index in [0.717, 1.165) is 5.56 Å². The molecule has 0 radical (unpaired) electrons. The van der Waals surface area contributed by atoms with Crippen molar-refractivity contribution in [3.05, 3.63) is 90.0 Å². The van der Waals surface area contributed by atoms with Crippen molar-refractivity contribution in [2.75, 3.05) is 45.2 Å². The van der Waals surface area contributed by atoms with Gasteiger partial charge in [-0.25, -0.2) is 0 Å². The molecular formula is C30H33N3O5. The third kappa shape index (κ3) is 4.20. The molecule has 0 saturated carbocycles. The lowest BCUT2D eigenvalue weighted by Gasteiger charge is -2.34. The molecule has 0 aromatic heterocycles. The fraction of sp³-hybridized carbons (Fsp3) is 0.300. The molecule has 198 valence electrons. The quantitative estimate of drug-likeness (QED) is 0.225. The summed E-state index contributed by atoms with van der Waals surface area (Å²) in [6.07, 6.45) is 3.76. The van der Waals surface area contributed by atoms with Gasteiger partial charge in [0.15, 0.2) is 5.54 Å². The summed E-state index contributed by atoms with van der Waals surface area (Å²) in [5, 5.41) is 11.6. The molecule has 4 rings (SSSR count). The first-order valence-electron chi connectivity index (χ1n) is 12.5. The number of likely N-dealkylation sites (tertiary alicyclic amines) is 1. The molecule has 0 bridgehead atoms. The molecule has 2 aliphatic heterocycles. The van der Waals surface area contributed by atoms with Crippen LogP contribution in [0.4, 0.5) is 5.69 Å². The molecule has 8 nitrogen and oxygen atoms in total. The Bertz CT molecular complexity index is 1350. The van der Waals surface area contributed by atoms with Gasteiger partial charge in [-0.3, -0.25) is 14.4 Å². The van der Waals surface area contributed by atoms with Gasteiger partial charge in [-0.1, -0.05) is 36.9 Å². The largest absolute Gasteiger partial charge is 0.507 e. The average molecular weight is 516 g/mol. The van der Waals surface area contributed by atoms with Crippen LogP contribution in [0.25, 0.3) is 5.76 Å². The Labute approximate surface area is 223 Å². The van der Waals surface area contributed by atoms with Crippen molar-refractivity contribution in [1.82, 2.24) is 9.80 Å². The predicted octanol–water partition coefficient (Wildman–Crippen LogP) is 3.62. The Balaban J connectivity index is 1.96. The summed E-state index contributed by atoms with van der Waals surface area (Å²) in [4.78, 5) is 46.3. The Kier molecular flexibility index (Phi) is 7.55. The number of benzene rings is 2. The number of anilines is 1. The van der Waals surface area contributed by atoms with Crippen LogP contribution in [0, 0.1) is 6.92 Å². The summed E-state index contributed by atoms with van der Waals surface area (Å²) in [5.74, 6) is -1.97. The van der Waals surface area contributed by atoms with Crippen molar-refractivity contribution in [1.29, 1.82) is 0 Å². The first-order valence-corrected chi connectivity index (χ1v) is 12.5. The van der Waals surface area contributed by atoms with Crippen LogP contribution in [0.15, 0.2) is 73.3 Å². The fourth-order valence-electron chi connectivity index (χ4n) is 5.27. The number of hydrogen-bond donors (Lipinski definition) is 1. The second-order valence-corrected chi connectivity index (χ2v) is 9.68. The van der Waals surface area contributed by atoms with E-state index in [1.807, 2.05) is 25.9 Å². The monoisotopic (exact) mass is 515 g/mol. The van der Waals surface area contributed by atoms with Crippen LogP contribution < -0.4 is 9.64 Å². The normalized spacial score (nSPS) is 19.9. The minimum absolute atomic E-state index is 0.162. The van der Waals surface area contributed by atoms with Gasteiger partial charge in [-0.05, 0) is 63.8 Å². The molecule has 1 fully saturated rings. The van der Waals surface area contributed by atoms with E-state index in [2.05, 4.69) is 13.2 Å². The lowest BCUT2D eigenvalue weighted by molar-refractivity contribution is -0.143. The van der Waals surface area contributed by atoms with Crippen LogP contribution in [-0.4, -0.2) is 72.8 Å². The predicted molar refractivity (Wildman–Crippen MR) is 147 cm³/mol. The van der Waals surface area contributed by atoms with Gasteiger partial charge in [0.1, 0.15) is 18.1 Å². The van der Waals surface area contributed by atoms with Gasteiger partial charge in [0.25, 0.3) is 17.6 Å². The van der Waals surface area contributed by atoms with E-state index >= 15 is 0 Å². The Morgan fingerprint density at radius 3 is 2.50 bits per heavy atom.